The SMILES string of the molecule is CCn1c(SCC(=O)Nc2ccc(C(=O)O)cc2)nnc1[C@@H](NC(=O)c1ccccc1)C(C)C. The van der Waals surface area contributed by atoms with Crippen LogP contribution in [-0.2, 0) is 11.3 Å². The Bertz CT molecular complexity index is 1150. The van der Waals surface area contributed by atoms with Crippen LogP contribution in [0, 0.1) is 5.92 Å². The number of anilines is 1. The number of carbonyl (C=O) groups excluding carboxylic acids is 2. The molecule has 3 N–H and O–H groups in total. The molecule has 0 radical (unpaired) electrons. The van der Waals surface area contributed by atoms with Crippen LogP contribution in [0.15, 0.2) is 59.8 Å². The molecule has 9 nitrogen and oxygen atoms in total. The summed E-state index contributed by atoms with van der Waals surface area (Å²) in [5.41, 5.74) is 1.23. The monoisotopic (exact) mass is 481 g/mol. The zero-order valence-electron chi connectivity index (χ0n) is 19.2. The maximum atomic E-state index is 12.7. The normalized spacial score (nSPS) is 11.8. The predicted octanol–water partition coefficient (Wildman–Crippen LogP) is 3.85. The van der Waals surface area contributed by atoms with Crippen molar-refractivity contribution in [2.75, 3.05) is 11.1 Å². The summed E-state index contributed by atoms with van der Waals surface area (Å²) in [7, 11) is 0. The number of hydrogen-bond acceptors (Lipinski definition) is 6. The van der Waals surface area contributed by atoms with Gasteiger partial charge in [0.2, 0.25) is 5.91 Å². The summed E-state index contributed by atoms with van der Waals surface area (Å²) >= 11 is 1.24. The van der Waals surface area contributed by atoms with Crippen molar-refractivity contribution in [1.29, 1.82) is 0 Å². The Balaban J connectivity index is 1.67. The number of carboxylic acid groups (broad SMARTS) is 1. The number of nitrogens with one attached hydrogen (secondary N) is 2. The van der Waals surface area contributed by atoms with Gasteiger partial charge < -0.3 is 20.3 Å². The predicted molar refractivity (Wildman–Crippen MR) is 130 cm³/mol. The standard InChI is InChI=1S/C24H27N5O4S/c1-4-29-21(20(15(2)3)26-22(31)16-8-6-5-7-9-16)27-28-24(29)34-14-19(30)25-18-12-10-17(11-13-18)23(32)33/h5-13,15,20H,4,14H2,1-3H3,(H,25,30)(H,26,31)(H,32,33)/t20-/m0/s1. The quantitative estimate of drug-likeness (QED) is 0.375. The number of amides is 2. The Hall–Kier alpha value is -3.66. The number of aromatic carboxylic acids is 1. The van der Waals surface area contributed by atoms with Gasteiger partial charge in [-0.15, -0.1) is 10.2 Å². The second-order valence-electron chi connectivity index (χ2n) is 7.87. The molecule has 0 aliphatic heterocycles. The maximum Gasteiger partial charge on any atom is 0.335 e. The van der Waals surface area contributed by atoms with Crippen molar-refractivity contribution in [2.45, 2.75) is 38.5 Å². The molecule has 0 spiro atoms. The highest BCUT2D eigenvalue weighted by Gasteiger charge is 2.26. The number of benzene rings is 2. The molecular weight excluding hydrogens is 454 g/mol. The third-order valence-electron chi connectivity index (χ3n) is 5.08. The molecular formula is C24H27N5O4S. The molecule has 10 heteroatoms. The minimum atomic E-state index is -1.03. The smallest absolute Gasteiger partial charge is 0.335 e. The lowest BCUT2D eigenvalue weighted by Gasteiger charge is -2.22. The van der Waals surface area contributed by atoms with E-state index in [4.69, 9.17) is 5.11 Å². The van der Waals surface area contributed by atoms with Crippen LogP contribution in [-0.4, -0.2) is 43.4 Å². The molecule has 0 bridgehead atoms. The van der Waals surface area contributed by atoms with E-state index in [1.807, 2.05) is 43.5 Å². The third-order valence-corrected chi connectivity index (χ3v) is 6.04. The highest BCUT2D eigenvalue weighted by molar-refractivity contribution is 7.99. The molecule has 2 amide bonds. The summed E-state index contributed by atoms with van der Waals surface area (Å²) in [6.07, 6.45) is 0. The van der Waals surface area contributed by atoms with Gasteiger partial charge in [-0.2, -0.15) is 0 Å². The van der Waals surface area contributed by atoms with Gasteiger partial charge in [0.05, 0.1) is 17.4 Å². The molecule has 0 saturated heterocycles. The fourth-order valence-electron chi connectivity index (χ4n) is 3.30. The summed E-state index contributed by atoms with van der Waals surface area (Å²) in [4.78, 5) is 36.1. The van der Waals surface area contributed by atoms with Gasteiger partial charge >= 0.3 is 5.97 Å². The van der Waals surface area contributed by atoms with Crippen molar-refractivity contribution in [1.82, 2.24) is 20.1 Å². The van der Waals surface area contributed by atoms with E-state index in [9.17, 15) is 14.4 Å². The lowest BCUT2D eigenvalue weighted by molar-refractivity contribution is -0.113. The molecule has 1 atom stereocenters. The highest BCUT2D eigenvalue weighted by atomic mass is 32.2. The van der Waals surface area contributed by atoms with Crippen LogP contribution in [0.1, 0.15) is 53.4 Å². The van der Waals surface area contributed by atoms with E-state index in [2.05, 4.69) is 20.8 Å². The Morgan fingerprint density at radius 1 is 1.00 bits per heavy atom. The number of thioether (sulfide) groups is 1. The lowest BCUT2D eigenvalue weighted by Crippen LogP contribution is -2.33. The average molecular weight is 482 g/mol. The first kappa shape index (κ1) is 25.0. The van der Waals surface area contributed by atoms with Gasteiger partial charge in [-0.3, -0.25) is 9.59 Å². The zero-order chi connectivity index (χ0) is 24.7. The molecule has 0 unspecified atom stereocenters. The van der Waals surface area contributed by atoms with Crippen molar-refractivity contribution in [3.8, 4) is 0 Å². The van der Waals surface area contributed by atoms with Gasteiger partial charge in [-0.1, -0.05) is 43.8 Å². The van der Waals surface area contributed by atoms with Gasteiger partial charge in [0, 0.05) is 17.8 Å². The van der Waals surface area contributed by atoms with E-state index in [-0.39, 0.29) is 35.1 Å². The minimum absolute atomic E-state index is 0.0667. The highest BCUT2D eigenvalue weighted by Crippen LogP contribution is 2.25. The molecule has 0 aliphatic carbocycles. The number of carboxylic acids is 1. The molecule has 178 valence electrons. The van der Waals surface area contributed by atoms with E-state index in [0.29, 0.717) is 28.8 Å². The van der Waals surface area contributed by atoms with Crippen LogP contribution in [0.2, 0.25) is 0 Å². The third kappa shape index (κ3) is 6.22. The van der Waals surface area contributed by atoms with E-state index in [0.717, 1.165) is 0 Å². The molecule has 0 fully saturated rings. The molecule has 0 saturated carbocycles. The van der Waals surface area contributed by atoms with Crippen LogP contribution in [0.3, 0.4) is 0 Å². The van der Waals surface area contributed by atoms with Crippen LogP contribution in [0.4, 0.5) is 5.69 Å². The first-order valence-electron chi connectivity index (χ1n) is 10.8. The molecule has 3 rings (SSSR count). The van der Waals surface area contributed by atoms with Crippen molar-refractivity contribution in [3.63, 3.8) is 0 Å². The van der Waals surface area contributed by atoms with E-state index in [1.54, 1.807) is 24.3 Å². The zero-order valence-corrected chi connectivity index (χ0v) is 20.0. The largest absolute Gasteiger partial charge is 0.478 e. The fourth-order valence-corrected chi connectivity index (χ4v) is 4.11. The van der Waals surface area contributed by atoms with E-state index < -0.39 is 5.97 Å². The van der Waals surface area contributed by atoms with Crippen LogP contribution in [0.5, 0.6) is 0 Å². The summed E-state index contributed by atoms with van der Waals surface area (Å²) in [5.74, 6) is -0.666. The molecule has 34 heavy (non-hydrogen) atoms. The molecule has 2 aromatic carbocycles. The van der Waals surface area contributed by atoms with Crippen molar-refractivity contribution < 1.29 is 19.5 Å². The second-order valence-corrected chi connectivity index (χ2v) is 8.81. The van der Waals surface area contributed by atoms with Crippen molar-refractivity contribution in [3.05, 3.63) is 71.5 Å². The average Bonchev–Trinajstić information content (AvgIpc) is 3.24. The topological polar surface area (TPSA) is 126 Å². The molecule has 3 aromatic rings. The molecule has 0 aliphatic rings. The molecule has 1 heterocycles. The van der Waals surface area contributed by atoms with E-state index >= 15 is 0 Å². The van der Waals surface area contributed by atoms with Gasteiger partial charge in [-0.05, 0) is 49.2 Å². The van der Waals surface area contributed by atoms with Gasteiger partial charge in [0.15, 0.2) is 11.0 Å². The Morgan fingerprint density at radius 2 is 1.68 bits per heavy atom. The fraction of sp³-hybridized carbons (Fsp3) is 0.292. The van der Waals surface area contributed by atoms with Crippen molar-refractivity contribution >= 4 is 35.2 Å². The lowest BCUT2D eigenvalue weighted by atomic mass is 10.0. The summed E-state index contributed by atoms with van der Waals surface area (Å²) in [6, 6.07) is 14.6. The summed E-state index contributed by atoms with van der Waals surface area (Å²) < 4.78 is 1.90. The van der Waals surface area contributed by atoms with Crippen molar-refractivity contribution in [2.24, 2.45) is 5.92 Å². The molecule has 1 aromatic heterocycles. The first-order chi connectivity index (χ1) is 16.3. The number of aromatic nitrogens is 3. The van der Waals surface area contributed by atoms with Gasteiger partial charge in [0.25, 0.3) is 5.91 Å². The number of nitrogens with zero attached hydrogens (tertiary/aromatic N) is 3. The summed E-state index contributed by atoms with van der Waals surface area (Å²) in [6.45, 7) is 6.53. The Kier molecular flexibility index (Phi) is 8.42. The second kappa shape index (κ2) is 11.5. The maximum absolute atomic E-state index is 12.7. The van der Waals surface area contributed by atoms with Crippen LogP contribution in [0.25, 0.3) is 0 Å². The van der Waals surface area contributed by atoms with Gasteiger partial charge in [0.1, 0.15) is 0 Å². The Morgan fingerprint density at radius 3 is 2.26 bits per heavy atom. The van der Waals surface area contributed by atoms with Gasteiger partial charge in [-0.25, -0.2) is 4.79 Å². The number of carbonyl (C=O) groups is 3. The first-order valence-corrected chi connectivity index (χ1v) is 11.8. The number of rotatable bonds is 10. The minimum Gasteiger partial charge on any atom is -0.478 e. The summed E-state index contributed by atoms with van der Waals surface area (Å²) in [5, 5.41) is 23.9. The van der Waals surface area contributed by atoms with Crippen LogP contribution >= 0.6 is 11.8 Å². The number of hydrogen-bond donors (Lipinski definition) is 3. The van der Waals surface area contributed by atoms with Crippen LogP contribution < -0.4 is 10.6 Å². The Labute approximate surface area is 202 Å². The van der Waals surface area contributed by atoms with E-state index in [1.165, 1.54) is 23.9 Å².